The molecule has 0 heterocycles. The fourth-order valence-corrected chi connectivity index (χ4v) is 1.17. The Morgan fingerprint density at radius 1 is 1.38 bits per heavy atom. The molecular weight excluding hydrogens is 206 g/mol. The Hall–Kier alpha value is -1.59. The van der Waals surface area contributed by atoms with Crippen LogP contribution in [0.3, 0.4) is 0 Å². The fraction of sp³-hybridized carbons (Fsp3) is 0.364. The van der Waals surface area contributed by atoms with Gasteiger partial charge < -0.3 is 21.1 Å². The smallest absolute Gasteiger partial charge is 0.319 e. The molecule has 0 aliphatic rings. The van der Waals surface area contributed by atoms with E-state index >= 15 is 0 Å². The van der Waals surface area contributed by atoms with E-state index in [4.69, 9.17) is 10.5 Å². The Morgan fingerprint density at radius 2 is 2.06 bits per heavy atom. The third-order valence-corrected chi connectivity index (χ3v) is 2.04. The van der Waals surface area contributed by atoms with Crippen LogP contribution in [0.1, 0.15) is 5.56 Å². The number of nitrogens with two attached hydrogens (primary N) is 1. The van der Waals surface area contributed by atoms with Crippen molar-refractivity contribution >= 4 is 11.7 Å². The van der Waals surface area contributed by atoms with Crippen LogP contribution in [0.2, 0.25) is 0 Å². The van der Waals surface area contributed by atoms with Crippen molar-refractivity contribution in [3.63, 3.8) is 0 Å². The second-order valence-corrected chi connectivity index (χ2v) is 3.27. The maximum atomic E-state index is 11.3. The zero-order chi connectivity index (χ0) is 11.8. The minimum absolute atomic E-state index is 0.238. The summed E-state index contributed by atoms with van der Waals surface area (Å²) in [6.45, 7) is 1.49. The number of methoxy groups -OCH3 is 1. The molecule has 0 aliphatic carbocycles. The maximum absolute atomic E-state index is 11.3. The van der Waals surface area contributed by atoms with E-state index in [9.17, 15) is 4.79 Å². The van der Waals surface area contributed by atoms with E-state index in [0.29, 0.717) is 19.7 Å². The summed E-state index contributed by atoms with van der Waals surface area (Å²) >= 11 is 0. The van der Waals surface area contributed by atoms with Crippen molar-refractivity contribution in [1.29, 1.82) is 0 Å². The van der Waals surface area contributed by atoms with Crippen molar-refractivity contribution in [2.75, 3.05) is 25.6 Å². The van der Waals surface area contributed by atoms with E-state index < -0.39 is 0 Å². The van der Waals surface area contributed by atoms with Gasteiger partial charge in [-0.05, 0) is 17.7 Å². The van der Waals surface area contributed by atoms with Gasteiger partial charge in [0.2, 0.25) is 0 Å². The van der Waals surface area contributed by atoms with Gasteiger partial charge in [0.25, 0.3) is 0 Å². The van der Waals surface area contributed by atoms with E-state index in [1.807, 2.05) is 24.3 Å². The summed E-state index contributed by atoms with van der Waals surface area (Å²) < 4.78 is 4.82. The minimum Gasteiger partial charge on any atom is -0.383 e. The number of carbonyl (C=O) groups is 1. The minimum atomic E-state index is -0.238. The first-order valence-corrected chi connectivity index (χ1v) is 5.09. The lowest BCUT2D eigenvalue weighted by molar-refractivity contribution is 0.198. The normalized spacial score (nSPS) is 9.88. The van der Waals surface area contributed by atoms with Crippen molar-refractivity contribution in [1.82, 2.24) is 5.32 Å². The van der Waals surface area contributed by atoms with Gasteiger partial charge >= 0.3 is 6.03 Å². The number of hydrogen-bond acceptors (Lipinski definition) is 3. The first kappa shape index (κ1) is 12.5. The molecule has 0 radical (unpaired) electrons. The molecule has 0 unspecified atom stereocenters. The highest BCUT2D eigenvalue weighted by atomic mass is 16.5. The van der Waals surface area contributed by atoms with E-state index in [0.717, 1.165) is 11.3 Å². The monoisotopic (exact) mass is 223 g/mol. The van der Waals surface area contributed by atoms with Crippen LogP contribution in [-0.4, -0.2) is 26.3 Å². The van der Waals surface area contributed by atoms with Crippen LogP contribution >= 0.6 is 0 Å². The Labute approximate surface area is 95.0 Å². The van der Waals surface area contributed by atoms with Crippen LogP contribution < -0.4 is 16.4 Å². The molecule has 1 aromatic rings. The van der Waals surface area contributed by atoms with Gasteiger partial charge in [0, 0.05) is 25.9 Å². The predicted molar refractivity (Wildman–Crippen MR) is 63.2 cm³/mol. The molecule has 1 rings (SSSR count). The van der Waals surface area contributed by atoms with Gasteiger partial charge in [0.1, 0.15) is 0 Å². The van der Waals surface area contributed by atoms with E-state index in [1.165, 1.54) is 0 Å². The Morgan fingerprint density at radius 3 is 2.62 bits per heavy atom. The molecule has 88 valence electrons. The van der Waals surface area contributed by atoms with E-state index in [1.54, 1.807) is 7.11 Å². The Kier molecular flexibility index (Phi) is 5.31. The Balaban J connectivity index is 2.37. The number of anilines is 1. The van der Waals surface area contributed by atoms with Crippen molar-refractivity contribution in [3.05, 3.63) is 29.8 Å². The summed E-state index contributed by atoms with van der Waals surface area (Å²) in [5, 5.41) is 5.37. The molecule has 4 N–H and O–H groups in total. The van der Waals surface area contributed by atoms with Crippen LogP contribution in [0.25, 0.3) is 0 Å². The van der Waals surface area contributed by atoms with Gasteiger partial charge in [0.05, 0.1) is 6.61 Å². The molecule has 2 amide bonds. The highest BCUT2D eigenvalue weighted by Gasteiger charge is 2.00. The molecule has 0 spiro atoms. The van der Waals surface area contributed by atoms with Gasteiger partial charge in [-0.1, -0.05) is 12.1 Å². The lowest BCUT2D eigenvalue weighted by atomic mass is 10.2. The number of hydrogen-bond donors (Lipinski definition) is 3. The highest BCUT2D eigenvalue weighted by molar-refractivity contribution is 5.89. The van der Waals surface area contributed by atoms with Gasteiger partial charge in [-0.2, -0.15) is 0 Å². The van der Waals surface area contributed by atoms with Crippen molar-refractivity contribution < 1.29 is 9.53 Å². The van der Waals surface area contributed by atoms with Gasteiger partial charge in [-0.15, -0.1) is 0 Å². The molecule has 0 aliphatic heterocycles. The van der Waals surface area contributed by atoms with Gasteiger partial charge in [0.15, 0.2) is 0 Å². The second-order valence-electron chi connectivity index (χ2n) is 3.27. The zero-order valence-electron chi connectivity index (χ0n) is 9.32. The molecule has 0 fully saturated rings. The number of rotatable bonds is 5. The topological polar surface area (TPSA) is 76.4 Å². The number of ether oxygens (including phenoxy) is 1. The molecule has 0 atom stereocenters. The van der Waals surface area contributed by atoms with Crippen LogP contribution in [-0.2, 0) is 11.3 Å². The van der Waals surface area contributed by atoms with Crippen LogP contribution in [0.15, 0.2) is 24.3 Å². The summed E-state index contributed by atoms with van der Waals surface area (Å²) in [5.41, 5.74) is 7.24. The molecule has 5 nitrogen and oxygen atoms in total. The van der Waals surface area contributed by atoms with Gasteiger partial charge in [-0.25, -0.2) is 4.79 Å². The van der Waals surface area contributed by atoms with Crippen molar-refractivity contribution in [3.8, 4) is 0 Å². The standard InChI is InChI=1S/C11H17N3O2/c1-16-7-6-13-11(15)14-10-4-2-9(8-12)3-5-10/h2-5H,6-8,12H2,1H3,(H2,13,14,15). The lowest BCUT2D eigenvalue weighted by Gasteiger charge is -2.07. The third kappa shape index (κ3) is 4.29. The predicted octanol–water partition coefficient (Wildman–Crippen LogP) is 0.913. The first-order valence-electron chi connectivity index (χ1n) is 5.09. The highest BCUT2D eigenvalue weighted by Crippen LogP contribution is 2.08. The Bertz CT molecular complexity index is 325. The molecule has 0 saturated carbocycles. The number of urea groups is 1. The number of carbonyl (C=O) groups excluding carboxylic acids is 1. The molecule has 0 aromatic heterocycles. The summed E-state index contributed by atoms with van der Waals surface area (Å²) in [5.74, 6) is 0. The first-order chi connectivity index (χ1) is 7.76. The SMILES string of the molecule is COCCNC(=O)Nc1ccc(CN)cc1. The van der Waals surface area contributed by atoms with E-state index in [-0.39, 0.29) is 6.03 Å². The zero-order valence-corrected chi connectivity index (χ0v) is 9.32. The van der Waals surface area contributed by atoms with Crippen LogP contribution in [0.5, 0.6) is 0 Å². The van der Waals surface area contributed by atoms with Crippen LogP contribution in [0.4, 0.5) is 10.5 Å². The quantitative estimate of drug-likeness (QED) is 0.649. The maximum Gasteiger partial charge on any atom is 0.319 e. The van der Waals surface area contributed by atoms with Crippen molar-refractivity contribution in [2.45, 2.75) is 6.54 Å². The number of amides is 2. The summed E-state index contributed by atoms with van der Waals surface area (Å²) in [6, 6.07) is 7.16. The van der Waals surface area contributed by atoms with Crippen molar-refractivity contribution in [2.24, 2.45) is 5.73 Å². The largest absolute Gasteiger partial charge is 0.383 e. The summed E-state index contributed by atoms with van der Waals surface area (Å²) in [6.07, 6.45) is 0. The summed E-state index contributed by atoms with van der Waals surface area (Å²) in [4.78, 5) is 11.3. The average molecular weight is 223 g/mol. The molecule has 0 bridgehead atoms. The molecule has 16 heavy (non-hydrogen) atoms. The molecular formula is C11H17N3O2. The summed E-state index contributed by atoms with van der Waals surface area (Å²) in [7, 11) is 1.59. The number of nitrogens with one attached hydrogen (secondary N) is 2. The lowest BCUT2D eigenvalue weighted by Crippen LogP contribution is -2.31. The van der Waals surface area contributed by atoms with Gasteiger partial charge in [-0.3, -0.25) is 0 Å². The molecule has 5 heteroatoms. The number of benzene rings is 1. The average Bonchev–Trinajstić information content (AvgIpc) is 2.30. The van der Waals surface area contributed by atoms with Crippen LogP contribution in [0, 0.1) is 0 Å². The van der Waals surface area contributed by atoms with E-state index in [2.05, 4.69) is 10.6 Å². The fourth-order valence-electron chi connectivity index (χ4n) is 1.17. The molecule has 0 saturated heterocycles. The second kappa shape index (κ2) is 6.81. The molecule has 1 aromatic carbocycles. The third-order valence-electron chi connectivity index (χ3n) is 2.04.